The second-order valence-corrected chi connectivity index (χ2v) is 23.6. The number of nitrogens with two attached hydrogens (primary N) is 3. The van der Waals surface area contributed by atoms with Crippen LogP contribution in [0.25, 0.3) is 0 Å². The fraction of sp³-hybridized carbons (Fsp3) is 0.673. The third-order valence-electron chi connectivity index (χ3n) is 14.1. The monoisotopic (exact) mass is 1120 g/mol. The first-order valence-electron chi connectivity index (χ1n) is 26.6. The Labute approximate surface area is 459 Å². The maximum Gasteiger partial charge on any atom is 0.245 e. The molecule has 77 heavy (non-hydrogen) atoms. The van der Waals surface area contributed by atoms with Crippen LogP contribution in [0.1, 0.15) is 125 Å². The number of likely N-dealkylation sites (tertiary alicyclic amines) is 1. The normalized spacial score (nSPS) is 24.8. The van der Waals surface area contributed by atoms with Crippen molar-refractivity contribution in [3.63, 3.8) is 0 Å². The van der Waals surface area contributed by atoms with E-state index in [-0.39, 0.29) is 67.4 Å². The zero-order valence-electron chi connectivity index (χ0n) is 45.6. The predicted molar refractivity (Wildman–Crippen MR) is 292 cm³/mol. The van der Waals surface area contributed by atoms with Crippen molar-refractivity contribution in [1.82, 2.24) is 42.1 Å². The fourth-order valence-electron chi connectivity index (χ4n) is 8.94. The number of aromatic hydroxyl groups is 1. The molecule has 2 aliphatic rings. The summed E-state index contributed by atoms with van der Waals surface area (Å²) in [5.74, 6) is -9.43. The Balaban J connectivity index is 2.18. The average Bonchev–Trinajstić information content (AvgIpc) is 3.86. The summed E-state index contributed by atoms with van der Waals surface area (Å²) in [6.07, 6.45) is 0.292. The fourth-order valence-corrected chi connectivity index (χ4v) is 12.2. The van der Waals surface area contributed by atoms with Gasteiger partial charge in [0.15, 0.2) is 0 Å². The molecular formula is C52H83N11O12S2. The van der Waals surface area contributed by atoms with Crippen LogP contribution < -0.4 is 54.4 Å². The van der Waals surface area contributed by atoms with Crippen molar-refractivity contribution in [3.05, 3.63) is 29.8 Å². The second-order valence-electron chi connectivity index (χ2n) is 20.9. The van der Waals surface area contributed by atoms with E-state index >= 15 is 4.79 Å². The number of phenols is 1. The highest BCUT2D eigenvalue weighted by molar-refractivity contribution is 8.76. The van der Waals surface area contributed by atoms with Crippen LogP contribution >= 0.6 is 21.6 Å². The molecule has 0 bridgehead atoms. The zero-order chi connectivity index (χ0) is 57.7. The molecule has 2 aliphatic heterocycles. The van der Waals surface area contributed by atoms with E-state index in [1.807, 2.05) is 41.5 Å². The summed E-state index contributed by atoms with van der Waals surface area (Å²) in [6.45, 7) is 14.6. The summed E-state index contributed by atoms with van der Waals surface area (Å²) in [6, 6.07) is -3.30. The topological polar surface area (TPSA) is 374 Å². The lowest BCUT2D eigenvalue weighted by molar-refractivity contribution is -0.143. The zero-order valence-corrected chi connectivity index (χ0v) is 47.3. The van der Waals surface area contributed by atoms with Gasteiger partial charge in [-0.2, -0.15) is 0 Å². The summed E-state index contributed by atoms with van der Waals surface area (Å²) < 4.78 is 0. The lowest BCUT2D eigenvalue weighted by atomic mass is 9.90. The highest BCUT2D eigenvalue weighted by Gasteiger charge is 2.42. The molecule has 0 spiro atoms. The van der Waals surface area contributed by atoms with Gasteiger partial charge in [-0.25, -0.2) is 0 Å². The molecule has 2 heterocycles. The molecule has 14 N–H and O–H groups in total. The Morgan fingerprint density at radius 2 is 1.39 bits per heavy atom. The molecule has 2 saturated heterocycles. The van der Waals surface area contributed by atoms with Gasteiger partial charge in [0.25, 0.3) is 0 Å². The molecule has 0 aliphatic carbocycles. The second kappa shape index (κ2) is 31.9. The molecule has 23 nitrogen and oxygen atoms in total. The van der Waals surface area contributed by atoms with Gasteiger partial charge in [-0.05, 0) is 86.3 Å². The largest absolute Gasteiger partial charge is 0.508 e. The minimum absolute atomic E-state index is 0.0109. The van der Waals surface area contributed by atoms with Gasteiger partial charge in [-0.1, -0.05) is 95.5 Å². The summed E-state index contributed by atoms with van der Waals surface area (Å²) in [5.41, 5.74) is 17.0. The molecule has 11 amide bonds. The van der Waals surface area contributed by atoms with E-state index in [0.29, 0.717) is 37.0 Å². The van der Waals surface area contributed by atoms with Gasteiger partial charge in [-0.3, -0.25) is 52.7 Å². The number of amides is 11. The van der Waals surface area contributed by atoms with Crippen LogP contribution in [-0.2, 0) is 59.2 Å². The van der Waals surface area contributed by atoms with Crippen molar-refractivity contribution in [2.24, 2.45) is 46.8 Å². The lowest BCUT2D eigenvalue weighted by Crippen LogP contribution is -2.61. The third kappa shape index (κ3) is 21.3. The predicted octanol–water partition coefficient (Wildman–Crippen LogP) is 0.531. The van der Waals surface area contributed by atoms with Gasteiger partial charge in [0.05, 0.1) is 13.0 Å². The SMILES string of the molecule is CC[C@H]1CCSS[C@H]([C@H](C)C(C)C)C[C@H](C(=O)N2CCC[C@@H]2C(=O)N[C@@H](CC(C)C)C(=O)NCC(N)=O)NC(=O)[C@@H](CC(N)=O)NC(=O)C(CCC(N)=O)NC(=O)[C@@H]([C@@H](C)CC)NC(=O)[C@H](Cc2ccc(O)cc2)NC1=O. The van der Waals surface area contributed by atoms with Crippen LogP contribution in [0, 0.1) is 29.6 Å². The summed E-state index contributed by atoms with van der Waals surface area (Å²) >= 11 is 0. The van der Waals surface area contributed by atoms with Crippen molar-refractivity contribution < 1.29 is 57.8 Å². The van der Waals surface area contributed by atoms with Crippen molar-refractivity contribution in [2.75, 3.05) is 18.8 Å². The van der Waals surface area contributed by atoms with Crippen LogP contribution in [0.2, 0.25) is 0 Å². The third-order valence-corrected chi connectivity index (χ3v) is 17.2. The van der Waals surface area contributed by atoms with Crippen molar-refractivity contribution in [2.45, 2.75) is 174 Å². The first-order chi connectivity index (χ1) is 36.3. The molecule has 11 atom stereocenters. The van der Waals surface area contributed by atoms with E-state index in [1.165, 1.54) is 38.6 Å². The van der Waals surface area contributed by atoms with Crippen molar-refractivity contribution in [1.29, 1.82) is 0 Å². The van der Waals surface area contributed by atoms with Crippen molar-refractivity contribution >= 4 is 86.6 Å². The molecular weight excluding hydrogens is 1030 g/mol. The number of phenolic OH excluding ortho intramolecular Hbond substituents is 1. The Morgan fingerprint density at radius 3 is 1.97 bits per heavy atom. The Bertz CT molecular complexity index is 2240. The Morgan fingerprint density at radius 1 is 0.766 bits per heavy atom. The highest BCUT2D eigenvalue weighted by atomic mass is 33.1. The van der Waals surface area contributed by atoms with E-state index < -0.39 is 138 Å². The minimum Gasteiger partial charge on any atom is -0.508 e. The first kappa shape index (κ1) is 65.2. The van der Waals surface area contributed by atoms with E-state index in [1.54, 1.807) is 26.0 Å². The van der Waals surface area contributed by atoms with Gasteiger partial charge in [0.2, 0.25) is 65.0 Å². The van der Waals surface area contributed by atoms with Crippen LogP contribution in [-0.4, -0.2) is 141 Å². The molecule has 1 aromatic rings. The molecule has 25 heteroatoms. The Hall–Kier alpha value is -6.11. The van der Waals surface area contributed by atoms with E-state index in [9.17, 15) is 53.1 Å². The summed E-state index contributed by atoms with van der Waals surface area (Å²) in [4.78, 5) is 152. The van der Waals surface area contributed by atoms with Crippen LogP contribution in [0.3, 0.4) is 0 Å². The summed E-state index contributed by atoms with van der Waals surface area (Å²) in [7, 11) is 2.90. The van der Waals surface area contributed by atoms with Gasteiger partial charge >= 0.3 is 0 Å². The number of rotatable bonds is 20. The van der Waals surface area contributed by atoms with Gasteiger partial charge in [0, 0.05) is 36.3 Å². The minimum atomic E-state index is -1.74. The van der Waals surface area contributed by atoms with E-state index in [2.05, 4.69) is 37.2 Å². The highest BCUT2D eigenvalue weighted by Crippen LogP contribution is 2.38. The standard InChI is InChI=1S/C52H83N11O12S2/c1-9-29(7)44-51(74)57-34(17-18-41(53)65)47(70)59-37(25-42(54)66)48(71)61-38(52(75)63-20-11-12-39(63)50(73)60-35(22-27(3)4)46(69)56-26-43(55)67)24-40(30(8)28(5)6)77-76-21-19-32(10-2)45(68)58-36(49(72)62-44)23-31-13-15-33(64)16-14-31/h13-16,27-30,32,34-40,44,64H,9-12,17-26H2,1-8H3,(H2,53,65)(H2,54,66)(H2,55,67)(H,56,69)(H,57,74)(H,58,68)(H,59,70)(H,60,73)(H,61,71)(H,62,72)/t29-,30+,32-,34?,35-,36-,37+,38+,39+,40-,44+/m0/s1. The molecule has 430 valence electrons. The number of carbonyl (C=O) groups excluding carboxylic acids is 11. The van der Waals surface area contributed by atoms with E-state index in [0.717, 1.165) is 0 Å². The van der Waals surface area contributed by atoms with Gasteiger partial charge < -0.3 is 64.4 Å². The smallest absolute Gasteiger partial charge is 0.245 e. The van der Waals surface area contributed by atoms with Crippen molar-refractivity contribution in [3.8, 4) is 5.75 Å². The van der Waals surface area contributed by atoms with Gasteiger partial charge in [-0.15, -0.1) is 0 Å². The van der Waals surface area contributed by atoms with Gasteiger partial charge in [0.1, 0.15) is 48.0 Å². The molecule has 2 fully saturated rings. The number of hydrogen-bond acceptors (Lipinski definition) is 14. The number of primary amides is 3. The Kier molecular flexibility index (Phi) is 27.0. The molecule has 3 rings (SSSR count). The number of nitrogens with zero attached hydrogens (tertiary/aromatic N) is 1. The van der Waals surface area contributed by atoms with E-state index in [4.69, 9.17) is 17.2 Å². The lowest BCUT2D eigenvalue weighted by Gasteiger charge is -2.34. The van der Waals surface area contributed by atoms with Crippen LogP contribution in [0.5, 0.6) is 5.75 Å². The first-order valence-corrected chi connectivity index (χ1v) is 29.0. The maximum atomic E-state index is 15.1. The number of nitrogens with one attached hydrogen (secondary N) is 7. The number of benzene rings is 1. The molecule has 0 saturated carbocycles. The molecule has 0 radical (unpaired) electrons. The molecule has 1 aromatic carbocycles. The number of hydrogen-bond donors (Lipinski definition) is 11. The van der Waals surface area contributed by atoms with Crippen LogP contribution in [0.15, 0.2) is 24.3 Å². The number of carbonyl (C=O) groups is 11. The average molecular weight is 1120 g/mol. The summed E-state index contributed by atoms with van der Waals surface area (Å²) in [5, 5.41) is 28.3. The maximum absolute atomic E-state index is 15.1. The quantitative estimate of drug-likeness (QED) is 0.0794. The molecule has 1 unspecified atom stereocenters. The molecule has 0 aromatic heterocycles. The van der Waals surface area contributed by atoms with Crippen LogP contribution in [0.4, 0.5) is 0 Å².